The number of carboxylic acid groups (broad SMARTS) is 1. The van der Waals surface area contributed by atoms with Gasteiger partial charge in [-0.3, -0.25) is 34.2 Å². The topological polar surface area (TPSA) is 205 Å². The van der Waals surface area contributed by atoms with Crippen molar-refractivity contribution in [1.82, 2.24) is 25.8 Å². The van der Waals surface area contributed by atoms with Gasteiger partial charge in [0.15, 0.2) is 0 Å². The van der Waals surface area contributed by atoms with Crippen molar-refractivity contribution in [2.45, 2.75) is 37.8 Å². The number of carbonyl (C=O) groups excluding carboxylic acids is 5. The first kappa shape index (κ1) is 33.8. The average Bonchev–Trinajstić information content (AvgIpc) is 3.28. The minimum atomic E-state index is -1.03. The van der Waals surface area contributed by atoms with E-state index in [1.54, 1.807) is 18.2 Å². The molecule has 6 amide bonds. The molecule has 5 N–H and O–H groups in total. The van der Waals surface area contributed by atoms with E-state index >= 15 is 0 Å². The van der Waals surface area contributed by atoms with E-state index in [0.717, 1.165) is 4.90 Å². The molecule has 16 nitrogen and oxygen atoms in total. The standard InChI is InChI=1S/C29H40N6O10/c36-23-7-6-22(26(38)33-23)35-27(39)19-4-1-5-20(24(19)28(35)40)30-8-2-12-43-14-16-45-17-15-44-13-3-9-32-25(37)21-18-34(29(41)42)11-10-31-21/h1,4-5,21-22,30-31H,2-3,6-18H2,(H,32,37)(H,41,42)(H,33,36,38). The highest BCUT2D eigenvalue weighted by Crippen LogP contribution is 2.32. The number of piperidine rings is 1. The number of hydrogen-bond donors (Lipinski definition) is 5. The molecule has 4 rings (SSSR count). The third-order valence-corrected chi connectivity index (χ3v) is 7.52. The van der Waals surface area contributed by atoms with Gasteiger partial charge in [-0.2, -0.15) is 0 Å². The number of amides is 6. The van der Waals surface area contributed by atoms with Gasteiger partial charge in [-0.1, -0.05) is 6.07 Å². The van der Waals surface area contributed by atoms with Crippen molar-refractivity contribution >= 4 is 41.3 Å². The van der Waals surface area contributed by atoms with Crippen molar-refractivity contribution in [2.75, 3.05) is 77.7 Å². The Labute approximate surface area is 260 Å². The number of ether oxygens (including phenoxy) is 3. The molecule has 16 heteroatoms. The van der Waals surface area contributed by atoms with Crippen LogP contribution in [-0.2, 0) is 28.6 Å². The van der Waals surface area contributed by atoms with E-state index in [-0.39, 0.29) is 36.4 Å². The van der Waals surface area contributed by atoms with Crippen LogP contribution in [0.2, 0.25) is 0 Å². The summed E-state index contributed by atoms with van der Waals surface area (Å²) in [7, 11) is 0. The third kappa shape index (κ3) is 9.20. The second kappa shape index (κ2) is 16.8. The summed E-state index contributed by atoms with van der Waals surface area (Å²) < 4.78 is 16.6. The second-order valence-corrected chi connectivity index (χ2v) is 10.7. The average molecular weight is 633 g/mol. The number of piperazine rings is 1. The Kier molecular flexibility index (Phi) is 12.6. The largest absolute Gasteiger partial charge is 0.465 e. The highest BCUT2D eigenvalue weighted by molar-refractivity contribution is 6.25. The fourth-order valence-corrected chi connectivity index (χ4v) is 5.21. The molecule has 45 heavy (non-hydrogen) atoms. The van der Waals surface area contributed by atoms with Gasteiger partial charge in [-0.25, -0.2) is 4.79 Å². The summed E-state index contributed by atoms with van der Waals surface area (Å²) in [6.07, 6.45) is 0.392. The highest BCUT2D eigenvalue weighted by atomic mass is 16.5. The van der Waals surface area contributed by atoms with Crippen LogP contribution in [0.25, 0.3) is 0 Å². The van der Waals surface area contributed by atoms with E-state index in [2.05, 4.69) is 21.3 Å². The van der Waals surface area contributed by atoms with Gasteiger partial charge < -0.3 is 40.2 Å². The zero-order valence-corrected chi connectivity index (χ0v) is 25.0. The van der Waals surface area contributed by atoms with Crippen molar-refractivity contribution < 1.29 is 48.1 Å². The monoisotopic (exact) mass is 632 g/mol. The smallest absolute Gasteiger partial charge is 0.407 e. The van der Waals surface area contributed by atoms with Gasteiger partial charge in [0.25, 0.3) is 11.8 Å². The maximum atomic E-state index is 13.1. The van der Waals surface area contributed by atoms with E-state index in [9.17, 15) is 28.8 Å². The Bertz CT molecular complexity index is 1260. The minimum Gasteiger partial charge on any atom is -0.465 e. The molecule has 0 saturated carbocycles. The fraction of sp³-hybridized carbons (Fsp3) is 0.586. The Morgan fingerprint density at radius 1 is 0.933 bits per heavy atom. The van der Waals surface area contributed by atoms with Gasteiger partial charge >= 0.3 is 6.09 Å². The molecule has 3 aliphatic heterocycles. The van der Waals surface area contributed by atoms with Crippen molar-refractivity contribution in [3.8, 4) is 0 Å². The van der Waals surface area contributed by atoms with Crippen LogP contribution < -0.4 is 21.3 Å². The molecule has 1 aromatic carbocycles. The molecule has 246 valence electrons. The summed E-state index contributed by atoms with van der Waals surface area (Å²) in [4.78, 5) is 75.2. The van der Waals surface area contributed by atoms with Crippen LogP contribution in [0.3, 0.4) is 0 Å². The Hall–Kier alpha value is -4.12. The molecule has 0 spiro atoms. The molecule has 0 bridgehead atoms. The quantitative estimate of drug-likeness (QED) is 0.108. The van der Waals surface area contributed by atoms with Crippen molar-refractivity contribution in [3.63, 3.8) is 0 Å². The summed E-state index contributed by atoms with van der Waals surface area (Å²) in [5.41, 5.74) is 0.945. The molecule has 1 aromatic rings. The van der Waals surface area contributed by atoms with Gasteiger partial charge in [0, 0.05) is 58.0 Å². The first-order chi connectivity index (χ1) is 21.8. The van der Waals surface area contributed by atoms with Crippen LogP contribution in [0.1, 0.15) is 46.4 Å². The van der Waals surface area contributed by atoms with E-state index in [0.29, 0.717) is 84.3 Å². The Morgan fingerprint density at radius 2 is 1.62 bits per heavy atom. The van der Waals surface area contributed by atoms with Crippen molar-refractivity contribution in [2.24, 2.45) is 0 Å². The summed E-state index contributed by atoms with van der Waals surface area (Å²) in [5.74, 6) is -2.39. The van der Waals surface area contributed by atoms with Gasteiger partial charge in [-0.05, 0) is 31.4 Å². The van der Waals surface area contributed by atoms with Crippen LogP contribution in [0.5, 0.6) is 0 Å². The number of imide groups is 2. The number of anilines is 1. The molecular formula is C29H40N6O10. The number of fused-ring (bicyclic) bond motifs is 1. The van der Waals surface area contributed by atoms with Gasteiger partial charge in [0.05, 0.1) is 37.6 Å². The van der Waals surface area contributed by atoms with E-state index in [1.165, 1.54) is 4.90 Å². The van der Waals surface area contributed by atoms with Gasteiger partial charge in [0.1, 0.15) is 12.1 Å². The summed E-state index contributed by atoms with van der Waals surface area (Å²) in [6.45, 7) is 4.34. The maximum absolute atomic E-state index is 13.1. The SMILES string of the molecule is O=C1CCC(N2C(=O)c3cccc(NCCCOCCOCCOCCCNC(=O)C4CN(C(=O)O)CCN4)c3C2=O)C(=O)N1. The van der Waals surface area contributed by atoms with E-state index < -0.39 is 41.8 Å². The van der Waals surface area contributed by atoms with Crippen LogP contribution >= 0.6 is 0 Å². The molecule has 0 aliphatic carbocycles. The van der Waals surface area contributed by atoms with E-state index in [4.69, 9.17) is 19.3 Å². The number of nitrogens with one attached hydrogen (secondary N) is 4. The minimum absolute atomic E-state index is 0.0640. The summed E-state index contributed by atoms with van der Waals surface area (Å²) in [6, 6.07) is 3.37. The first-order valence-electron chi connectivity index (χ1n) is 15.1. The summed E-state index contributed by atoms with van der Waals surface area (Å²) in [5, 5.41) is 20.2. The number of hydrogen-bond acceptors (Lipinski definition) is 11. The highest BCUT2D eigenvalue weighted by Gasteiger charge is 2.45. The predicted octanol–water partition coefficient (Wildman–Crippen LogP) is -0.602. The second-order valence-electron chi connectivity index (χ2n) is 10.7. The number of nitrogens with zero attached hydrogens (tertiary/aromatic N) is 2. The third-order valence-electron chi connectivity index (χ3n) is 7.52. The van der Waals surface area contributed by atoms with Gasteiger partial charge in [-0.15, -0.1) is 0 Å². The molecule has 0 radical (unpaired) electrons. The molecule has 0 aromatic heterocycles. The van der Waals surface area contributed by atoms with Gasteiger partial charge in [0.2, 0.25) is 17.7 Å². The summed E-state index contributed by atoms with van der Waals surface area (Å²) >= 11 is 0. The number of carbonyl (C=O) groups is 6. The first-order valence-corrected chi connectivity index (χ1v) is 15.1. The maximum Gasteiger partial charge on any atom is 0.407 e. The normalized spacial score (nSPS) is 19.8. The zero-order chi connectivity index (χ0) is 32.2. The molecule has 3 aliphatic rings. The molecule has 2 saturated heterocycles. The lowest BCUT2D eigenvalue weighted by molar-refractivity contribution is -0.136. The van der Waals surface area contributed by atoms with Crippen LogP contribution in [-0.4, -0.2) is 135 Å². The fourth-order valence-electron chi connectivity index (χ4n) is 5.21. The molecule has 2 fully saturated rings. The Morgan fingerprint density at radius 3 is 2.31 bits per heavy atom. The number of rotatable bonds is 17. The zero-order valence-electron chi connectivity index (χ0n) is 25.0. The van der Waals surface area contributed by atoms with Crippen LogP contribution in [0.15, 0.2) is 18.2 Å². The molecule has 2 unspecified atom stereocenters. The molecule has 3 heterocycles. The lowest BCUT2D eigenvalue weighted by Crippen LogP contribution is -2.58. The van der Waals surface area contributed by atoms with E-state index in [1.807, 2.05) is 0 Å². The molecular weight excluding hydrogens is 592 g/mol. The van der Waals surface area contributed by atoms with Crippen molar-refractivity contribution in [3.05, 3.63) is 29.3 Å². The molecule has 2 atom stereocenters. The Balaban J connectivity index is 1.00. The lowest BCUT2D eigenvalue weighted by Gasteiger charge is -2.30. The van der Waals surface area contributed by atoms with Crippen LogP contribution in [0.4, 0.5) is 10.5 Å². The number of benzene rings is 1. The lowest BCUT2D eigenvalue weighted by atomic mass is 10.0. The van der Waals surface area contributed by atoms with Crippen LogP contribution in [0, 0.1) is 0 Å². The predicted molar refractivity (Wildman–Crippen MR) is 158 cm³/mol. The van der Waals surface area contributed by atoms with Crippen molar-refractivity contribution in [1.29, 1.82) is 0 Å².